The van der Waals surface area contributed by atoms with E-state index in [1.807, 2.05) is 35.2 Å². The van der Waals surface area contributed by atoms with E-state index < -0.39 is 12.0 Å². The van der Waals surface area contributed by atoms with Gasteiger partial charge < -0.3 is 14.6 Å². The van der Waals surface area contributed by atoms with Crippen LogP contribution in [0.1, 0.15) is 78.8 Å². The molecule has 0 bridgehead atoms. The maximum absolute atomic E-state index is 11.7. The van der Waals surface area contributed by atoms with Gasteiger partial charge in [-0.2, -0.15) is 0 Å². The van der Waals surface area contributed by atoms with Crippen molar-refractivity contribution in [1.82, 2.24) is 9.80 Å². The second kappa shape index (κ2) is 16.6. The maximum atomic E-state index is 11.7. The zero-order chi connectivity index (χ0) is 35.2. The van der Waals surface area contributed by atoms with Crippen LogP contribution in [-0.4, -0.2) is 46.0 Å². The van der Waals surface area contributed by atoms with Crippen LogP contribution in [0.5, 0.6) is 11.5 Å². The number of nitrogens with zero attached hydrogens (tertiary/aromatic N) is 2. The zero-order valence-electron chi connectivity index (χ0n) is 29.4. The normalized spacial score (nSPS) is 18.6. The van der Waals surface area contributed by atoms with Gasteiger partial charge in [-0.15, -0.1) is 0 Å². The highest BCUT2D eigenvalue weighted by atomic mass is 35.5. The van der Waals surface area contributed by atoms with E-state index in [1.165, 1.54) is 24.8 Å². The van der Waals surface area contributed by atoms with Crippen LogP contribution in [-0.2, 0) is 31.1 Å². The molecule has 2 aliphatic heterocycles. The van der Waals surface area contributed by atoms with E-state index >= 15 is 0 Å². The molecule has 50 heavy (non-hydrogen) atoms. The molecular weight excluding hydrogens is 667 g/mol. The molecule has 2 saturated heterocycles. The standard InChI is InChI=1S/C42H48Cl2N2O4/c1-28-10-4-6-20-45(28)24-31-16-18-40(37(43)22-31)49-26-33-11-8-13-35(29(33)2)36-14-9-12-34(30(36)3)27-50-41-19-17-32(23-38(41)44)25-46-21-7-5-15-39(46)42(47)48/h8-9,11-14,16-19,22-23,28,39H,4-7,10,15,20-21,24-27H2,1-3H3,(H,47,48)/t28-,39+/m1/s1. The Morgan fingerprint density at radius 2 is 1.22 bits per heavy atom. The molecule has 8 heteroatoms. The smallest absolute Gasteiger partial charge is 0.320 e. The first kappa shape index (κ1) is 36.2. The highest BCUT2D eigenvalue weighted by Crippen LogP contribution is 2.34. The Morgan fingerprint density at radius 1 is 0.720 bits per heavy atom. The first-order valence-corrected chi connectivity index (χ1v) is 18.6. The van der Waals surface area contributed by atoms with E-state index in [-0.39, 0.29) is 0 Å². The summed E-state index contributed by atoms with van der Waals surface area (Å²) in [5.41, 5.74) is 9.00. The van der Waals surface area contributed by atoms with Gasteiger partial charge in [0.1, 0.15) is 30.8 Å². The summed E-state index contributed by atoms with van der Waals surface area (Å²) in [5, 5.41) is 10.8. The first-order valence-electron chi connectivity index (χ1n) is 17.9. The van der Waals surface area contributed by atoms with Gasteiger partial charge in [0.2, 0.25) is 0 Å². The predicted molar refractivity (Wildman–Crippen MR) is 202 cm³/mol. The van der Waals surface area contributed by atoms with Crippen LogP contribution in [0, 0.1) is 13.8 Å². The van der Waals surface area contributed by atoms with E-state index in [1.54, 1.807) is 0 Å². The minimum absolute atomic E-state index is 0.374. The minimum Gasteiger partial charge on any atom is -0.487 e. The fourth-order valence-electron chi connectivity index (χ4n) is 7.42. The fourth-order valence-corrected chi connectivity index (χ4v) is 7.93. The Labute approximate surface area is 306 Å². The van der Waals surface area contributed by atoms with Crippen molar-refractivity contribution in [3.63, 3.8) is 0 Å². The van der Waals surface area contributed by atoms with Gasteiger partial charge in [0, 0.05) is 19.1 Å². The van der Waals surface area contributed by atoms with Crippen molar-refractivity contribution < 1.29 is 19.4 Å². The van der Waals surface area contributed by atoms with E-state index in [0.29, 0.717) is 53.8 Å². The van der Waals surface area contributed by atoms with Crippen molar-refractivity contribution in [2.75, 3.05) is 13.1 Å². The first-order chi connectivity index (χ1) is 24.2. The molecule has 2 aliphatic rings. The van der Waals surface area contributed by atoms with E-state index in [2.05, 4.69) is 68.1 Å². The number of carbonyl (C=O) groups is 1. The second-order valence-corrected chi connectivity index (χ2v) is 14.7. The number of ether oxygens (including phenoxy) is 2. The van der Waals surface area contributed by atoms with Crippen molar-refractivity contribution in [3.05, 3.63) is 116 Å². The Bertz CT molecular complexity index is 1810. The summed E-state index contributed by atoms with van der Waals surface area (Å²) in [6, 6.07) is 24.8. The number of hydrogen-bond donors (Lipinski definition) is 1. The number of benzene rings is 4. The van der Waals surface area contributed by atoms with Gasteiger partial charge in [-0.1, -0.05) is 84.6 Å². The summed E-state index contributed by atoms with van der Waals surface area (Å²) in [6.07, 6.45) is 6.48. The molecule has 264 valence electrons. The zero-order valence-corrected chi connectivity index (χ0v) is 30.9. The monoisotopic (exact) mass is 714 g/mol. The van der Waals surface area contributed by atoms with E-state index in [4.69, 9.17) is 32.7 Å². The predicted octanol–water partition coefficient (Wildman–Crippen LogP) is 10.2. The van der Waals surface area contributed by atoms with Gasteiger partial charge in [0.05, 0.1) is 10.0 Å². The van der Waals surface area contributed by atoms with Gasteiger partial charge in [-0.05, 0) is 128 Å². The van der Waals surface area contributed by atoms with Crippen molar-refractivity contribution in [2.24, 2.45) is 0 Å². The lowest BCUT2D eigenvalue weighted by Gasteiger charge is -2.33. The molecule has 2 fully saturated rings. The van der Waals surface area contributed by atoms with Crippen molar-refractivity contribution in [2.45, 2.75) is 97.7 Å². The van der Waals surface area contributed by atoms with Gasteiger partial charge in [0.15, 0.2) is 0 Å². The van der Waals surface area contributed by atoms with Crippen LogP contribution in [0.2, 0.25) is 10.0 Å². The summed E-state index contributed by atoms with van der Waals surface area (Å²) < 4.78 is 12.5. The molecule has 4 aromatic carbocycles. The lowest BCUT2D eigenvalue weighted by atomic mass is 9.92. The molecule has 0 radical (unpaired) electrons. The van der Waals surface area contributed by atoms with Crippen LogP contribution >= 0.6 is 23.2 Å². The largest absolute Gasteiger partial charge is 0.487 e. The molecular formula is C42H48Cl2N2O4. The van der Waals surface area contributed by atoms with Crippen molar-refractivity contribution in [1.29, 1.82) is 0 Å². The summed E-state index contributed by atoms with van der Waals surface area (Å²) >= 11 is 13.4. The molecule has 0 aliphatic carbocycles. The minimum atomic E-state index is -0.757. The quantitative estimate of drug-likeness (QED) is 0.158. The maximum Gasteiger partial charge on any atom is 0.320 e. The highest BCUT2D eigenvalue weighted by Gasteiger charge is 2.28. The highest BCUT2D eigenvalue weighted by molar-refractivity contribution is 6.32. The summed E-state index contributed by atoms with van der Waals surface area (Å²) in [5.74, 6) is 0.550. The Balaban J connectivity index is 1.10. The number of aliphatic carboxylic acids is 1. The number of piperidine rings is 2. The summed E-state index contributed by atoms with van der Waals surface area (Å²) in [7, 11) is 0. The average Bonchev–Trinajstić information content (AvgIpc) is 3.10. The third-order valence-electron chi connectivity index (χ3n) is 10.6. The summed E-state index contributed by atoms with van der Waals surface area (Å²) in [6.45, 7) is 10.8. The number of likely N-dealkylation sites (tertiary alicyclic amines) is 2. The molecule has 0 spiro atoms. The van der Waals surface area contributed by atoms with Gasteiger partial charge in [-0.3, -0.25) is 14.6 Å². The van der Waals surface area contributed by atoms with Gasteiger partial charge in [-0.25, -0.2) is 0 Å². The average molecular weight is 716 g/mol. The molecule has 6 rings (SSSR count). The number of halogens is 2. The molecule has 2 atom stereocenters. The van der Waals surface area contributed by atoms with Gasteiger partial charge in [0.25, 0.3) is 0 Å². The van der Waals surface area contributed by atoms with Crippen LogP contribution in [0.4, 0.5) is 0 Å². The second-order valence-electron chi connectivity index (χ2n) is 13.9. The van der Waals surface area contributed by atoms with E-state index in [9.17, 15) is 9.90 Å². The van der Waals surface area contributed by atoms with Gasteiger partial charge >= 0.3 is 5.97 Å². The summed E-state index contributed by atoms with van der Waals surface area (Å²) in [4.78, 5) is 16.3. The lowest BCUT2D eigenvalue weighted by molar-refractivity contribution is -0.144. The van der Waals surface area contributed by atoms with Crippen molar-refractivity contribution in [3.8, 4) is 22.6 Å². The molecule has 2 heterocycles. The fraction of sp³-hybridized carbons (Fsp3) is 0.405. The van der Waals surface area contributed by atoms with Crippen LogP contribution in [0.25, 0.3) is 11.1 Å². The molecule has 6 nitrogen and oxygen atoms in total. The Hall–Kier alpha value is -3.55. The number of carboxylic acids is 1. The number of hydrogen-bond acceptors (Lipinski definition) is 5. The Morgan fingerprint density at radius 3 is 1.72 bits per heavy atom. The molecule has 0 saturated carbocycles. The molecule has 0 aromatic heterocycles. The molecule has 1 N–H and O–H groups in total. The van der Waals surface area contributed by atoms with E-state index in [0.717, 1.165) is 71.4 Å². The number of carboxylic acid groups (broad SMARTS) is 1. The third-order valence-corrected chi connectivity index (χ3v) is 11.1. The van der Waals surface area contributed by atoms with Crippen molar-refractivity contribution >= 4 is 29.2 Å². The number of rotatable bonds is 12. The lowest BCUT2D eigenvalue weighted by Crippen LogP contribution is -2.43. The third kappa shape index (κ3) is 8.66. The van der Waals surface area contributed by atoms with Crippen LogP contribution < -0.4 is 9.47 Å². The molecule has 0 amide bonds. The molecule has 0 unspecified atom stereocenters. The van der Waals surface area contributed by atoms with Crippen LogP contribution in [0.15, 0.2) is 72.8 Å². The topological polar surface area (TPSA) is 62.2 Å². The Kier molecular flexibility index (Phi) is 12.1. The van der Waals surface area contributed by atoms with Crippen LogP contribution in [0.3, 0.4) is 0 Å². The molecule has 4 aromatic rings. The SMILES string of the molecule is Cc1c(COc2ccc(CN3CCCC[C@H]3C)cc2Cl)cccc1-c1cccc(COc2ccc(CN3CCCC[C@H]3C(=O)O)cc2Cl)c1C.